The Hall–Kier alpha value is -2.08. The van der Waals surface area contributed by atoms with Crippen LogP contribution in [0.4, 0.5) is 5.69 Å². The number of halogens is 1. The van der Waals surface area contributed by atoms with E-state index < -0.39 is 17.1 Å². The molecule has 0 aliphatic rings. The van der Waals surface area contributed by atoms with Gasteiger partial charge in [0.1, 0.15) is 0 Å². The first kappa shape index (κ1) is 14.0. The Morgan fingerprint density at radius 1 is 1.44 bits per heavy atom. The smallest absolute Gasteiger partial charge is 0.370 e. The minimum absolute atomic E-state index is 0.0228. The molecule has 0 aliphatic heterocycles. The van der Waals surface area contributed by atoms with Gasteiger partial charge in [-0.15, -0.1) is 0 Å². The molecule has 0 heterocycles. The molecule has 7 heteroatoms. The van der Waals surface area contributed by atoms with Gasteiger partial charge in [-0.3, -0.25) is 5.43 Å². The normalized spacial score (nSPS) is 10.9. The van der Waals surface area contributed by atoms with Crippen molar-refractivity contribution in [2.75, 3.05) is 12.0 Å². The van der Waals surface area contributed by atoms with Crippen LogP contribution in [0.15, 0.2) is 29.4 Å². The number of benzene rings is 1. The number of hydrogen-bond donors (Lipinski definition) is 2. The van der Waals surface area contributed by atoms with Crippen LogP contribution in [0.3, 0.4) is 0 Å². The van der Waals surface area contributed by atoms with Crippen molar-refractivity contribution in [2.45, 2.75) is 6.92 Å². The summed E-state index contributed by atoms with van der Waals surface area (Å²) in [5.74, 6) is -1.89. The van der Waals surface area contributed by atoms with Crippen molar-refractivity contribution in [3.8, 4) is 0 Å². The zero-order valence-electron chi connectivity index (χ0n) is 9.51. The molecule has 2 N–H and O–H groups in total. The van der Waals surface area contributed by atoms with Gasteiger partial charge in [-0.2, -0.15) is 5.10 Å². The standard InChI is InChI=1S/C11H11ClN2O4/c1-2-18-11(17)9(12)14-13-8-6-4-3-5-7(8)10(15)16/h3-6,13H,2H2,1H3,(H,15,16)/b14-9-. The summed E-state index contributed by atoms with van der Waals surface area (Å²) < 4.78 is 4.61. The number of carbonyl (C=O) groups excluding carboxylic acids is 1. The van der Waals surface area contributed by atoms with Gasteiger partial charge in [-0.1, -0.05) is 23.7 Å². The number of rotatable bonds is 5. The summed E-state index contributed by atoms with van der Waals surface area (Å²) in [6.45, 7) is 1.81. The van der Waals surface area contributed by atoms with Crippen LogP contribution in [-0.2, 0) is 9.53 Å². The maximum atomic E-state index is 11.1. The summed E-state index contributed by atoms with van der Waals surface area (Å²) >= 11 is 5.56. The summed E-state index contributed by atoms with van der Waals surface area (Å²) in [6.07, 6.45) is 0. The molecule has 1 aromatic carbocycles. The first-order valence-corrected chi connectivity index (χ1v) is 5.42. The second kappa shape index (κ2) is 6.61. The van der Waals surface area contributed by atoms with Crippen LogP contribution < -0.4 is 5.43 Å². The monoisotopic (exact) mass is 270 g/mol. The number of hydrazone groups is 1. The lowest BCUT2D eigenvalue weighted by atomic mass is 10.2. The Balaban J connectivity index is 2.83. The van der Waals surface area contributed by atoms with Gasteiger partial charge in [-0.05, 0) is 19.1 Å². The van der Waals surface area contributed by atoms with Gasteiger partial charge >= 0.3 is 11.9 Å². The highest BCUT2D eigenvalue weighted by atomic mass is 35.5. The van der Waals surface area contributed by atoms with E-state index in [2.05, 4.69) is 15.3 Å². The van der Waals surface area contributed by atoms with E-state index in [1.165, 1.54) is 12.1 Å². The first-order valence-electron chi connectivity index (χ1n) is 5.05. The number of nitrogens with zero attached hydrogens (tertiary/aromatic N) is 1. The first-order chi connectivity index (χ1) is 8.56. The van der Waals surface area contributed by atoms with Crippen LogP contribution in [0.25, 0.3) is 0 Å². The Kier molecular flexibility index (Phi) is 5.13. The molecule has 0 saturated heterocycles. The van der Waals surface area contributed by atoms with Crippen LogP contribution in [-0.4, -0.2) is 28.8 Å². The molecule has 6 nitrogen and oxygen atoms in total. The zero-order valence-corrected chi connectivity index (χ0v) is 10.3. The van der Waals surface area contributed by atoms with Crippen molar-refractivity contribution >= 4 is 34.4 Å². The van der Waals surface area contributed by atoms with E-state index in [0.717, 1.165) is 0 Å². The minimum atomic E-state index is -1.11. The quantitative estimate of drug-likeness (QED) is 0.485. The topological polar surface area (TPSA) is 88.0 Å². The van der Waals surface area contributed by atoms with Crippen molar-refractivity contribution in [2.24, 2.45) is 5.10 Å². The second-order valence-electron chi connectivity index (χ2n) is 3.09. The van der Waals surface area contributed by atoms with Crippen LogP contribution in [0, 0.1) is 0 Å². The lowest BCUT2D eigenvalue weighted by Crippen LogP contribution is -2.14. The fourth-order valence-electron chi connectivity index (χ4n) is 1.11. The molecule has 0 atom stereocenters. The molecule has 0 unspecified atom stereocenters. The van der Waals surface area contributed by atoms with Crippen LogP contribution >= 0.6 is 11.6 Å². The number of hydrogen-bond acceptors (Lipinski definition) is 5. The average molecular weight is 271 g/mol. The third kappa shape index (κ3) is 3.74. The largest absolute Gasteiger partial charge is 0.478 e. The van der Waals surface area contributed by atoms with Crippen molar-refractivity contribution in [1.82, 2.24) is 0 Å². The van der Waals surface area contributed by atoms with Gasteiger partial charge in [0, 0.05) is 0 Å². The Labute approximate surface area is 108 Å². The summed E-state index contributed by atoms with van der Waals surface area (Å²) in [5, 5.41) is 12.1. The lowest BCUT2D eigenvalue weighted by Gasteiger charge is -2.05. The molecule has 0 aromatic heterocycles. The molecule has 0 radical (unpaired) electrons. The minimum Gasteiger partial charge on any atom is -0.478 e. The fourth-order valence-corrected chi connectivity index (χ4v) is 1.21. The molecule has 0 bridgehead atoms. The summed E-state index contributed by atoms with van der Waals surface area (Å²) in [4.78, 5) is 22.0. The number of anilines is 1. The van der Waals surface area contributed by atoms with E-state index in [1.807, 2.05) is 0 Å². The van der Waals surface area contributed by atoms with Crippen molar-refractivity contribution in [3.63, 3.8) is 0 Å². The van der Waals surface area contributed by atoms with Gasteiger partial charge in [0.25, 0.3) is 0 Å². The fraction of sp³-hybridized carbons (Fsp3) is 0.182. The maximum absolute atomic E-state index is 11.1. The number of para-hydroxylation sites is 1. The van der Waals surface area contributed by atoms with E-state index in [-0.39, 0.29) is 17.9 Å². The summed E-state index contributed by atoms with van der Waals surface area (Å²) in [6, 6.07) is 6.11. The molecule has 0 aliphatic carbocycles. The molecule has 0 spiro atoms. The molecule has 96 valence electrons. The van der Waals surface area contributed by atoms with Crippen LogP contribution in [0.1, 0.15) is 17.3 Å². The Morgan fingerprint density at radius 2 is 2.11 bits per heavy atom. The highest BCUT2D eigenvalue weighted by Gasteiger charge is 2.11. The summed E-state index contributed by atoms with van der Waals surface area (Å²) in [7, 11) is 0. The molecule has 0 saturated carbocycles. The number of carboxylic acids is 1. The molecular formula is C11H11ClN2O4. The SMILES string of the molecule is CCOC(=O)/C(Cl)=N/Nc1ccccc1C(=O)O. The number of carboxylic acid groups (broad SMARTS) is 1. The molecular weight excluding hydrogens is 260 g/mol. The third-order valence-corrected chi connectivity index (χ3v) is 2.11. The van der Waals surface area contributed by atoms with Crippen molar-refractivity contribution in [1.29, 1.82) is 0 Å². The highest BCUT2D eigenvalue weighted by Crippen LogP contribution is 2.14. The number of esters is 1. The van der Waals surface area contributed by atoms with Gasteiger partial charge in [0.15, 0.2) is 0 Å². The summed E-state index contributed by atoms with van der Waals surface area (Å²) in [5.41, 5.74) is 2.66. The van der Waals surface area contributed by atoms with Gasteiger partial charge in [0.2, 0.25) is 5.17 Å². The number of ether oxygens (including phenoxy) is 1. The lowest BCUT2D eigenvalue weighted by molar-refractivity contribution is -0.134. The van der Waals surface area contributed by atoms with Crippen molar-refractivity contribution < 1.29 is 19.4 Å². The average Bonchev–Trinajstić information content (AvgIpc) is 2.36. The van der Waals surface area contributed by atoms with E-state index in [1.54, 1.807) is 19.1 Å². The number of carbonyl (C=O) groups is 2. The molecule has 1 aromatic rings. The Bertz CT molecular complexity index is 488. The van der Waals surface area contributed by atoms with Crippen LogP contribution in [0.5, 0.6) is 0 Å². The van der Waals surface area contributed by atoms with E-state index in [9.17, 15) is 9.59 Å². The number of nitrogens with one attached hydrogen (secondary N) is 1. The predicted molar refractivity (Wildman–Crippen MR) is 66.9 cm³/mol. The van der Waals surface area contributed by atoms with Gasteiger partial charge in [0.05, 0.1) is 17.9 Å². The van der Waals surface area contributed by atoms with E-state index >= 15 is 0 Å². The predicted octanol–water partition coefficient (Wildman–Crippen LogP) is 1.91. The second-order valence-corrected chi connectivity index (χ2v) is 3.44. The number of aromatic carboxylic acids is 1. The highest BCUT2D eigenvalue weighted by molar-refractivity contribution is 6.82. The van der Waals surface area contributed by atoms with Crippen molar-refractivity contribution in [3.05, 3.63) is 29.8 Å². The van der Waals surface area contributed by atoms with E-state index in [0.29, 0.717) is 0 Å². The van der Waals surface area contributed by atoms with Crippen LogP contribution in [0.2, 0.25) is 0 Å². The molecule has 0 amide bonds. The zero-order chi connectivity index (χ0) is 13.5. The Morgan fingerprint density at radius 3 is 2.72 bits per heavy atom. The van der Waals surface area contributed by atoms with Gasteiger partial charge in [-0.25, -0.2) is 9.59 Å². The molecule has 18 heavy (non-hydrogen) atoms. The van der Waals surface area contributed by atoms with Gasteiger partial charge < -0.3 is 9.84 Å². The van der Waals surface area contributed by atoms with E-state index in [4.69, 9.17) is 16.7 Å². The molecule has 1 rings (SSSR count). The maximum Gasteiger partial charge on any atom is 0.370 e. The third-order valence-electron chi connectivity index (χ3n) is 1.88. The molecule has 0 fully saturated rings.